The van der Waals surface area contributed by atoms with Crippen LogP contribution in [0.2, 0.25) is 5.02 Å². The molecule has 0 aliphatic rings. The molecule has 0 saturated heterocycles. The summed E-state index contributed by atoms with van der Waals surface area (Å²) in [5.74, 6) is 0.836. The molecule has 1 aromatic carbocycles. The average Bonchev–Trinajstić information content (AvgIpc) is 2.91. The van der Waals surface area contributed by atoms with Crippen molar-refractivity contribution in [2.24, 2.45) is 7.05 Å². The number of benzene rings is 1. The quantitative estimate of drug-likeness (QED) is 0.641. The van der Waals surface area contributed by atoms with E-state index >= 15 is 0 Å². The van der Waals surface area contributed by atoms with Crippen molar-refractivity contribution in [3.8, 4) is 0 Å². The second-order valence-corrected chi connectivity index (χ2v) is 4.83. The summed E-state index contributed by atoms with van der Waals surface area (Å²) in [6.07, 6.45) is 7.70. The molecule has 2 nitrogen and oxygen atoms in total. The third-order valence-electron chi connectivity index (χ3n) is 3.10. The highest BCUT2D eigenvalue weighted by Gasteiger charge is 2.08. The zero-order chi connectivity index (χ0) is 13.2. The highest BCUT2D eigenvalue weighted by atomic mass is 35.5. The van der Waals surface area contributed by atoms with Gasteiger partial charge in [-0.25, -0.2) is 4.57 Å². The van der Waals surface area contributed by atoms with E-state index < -0.39 is 0 Å². The number of fused-ring (bicyclic) bond motifs is 1. The van der Waals surface area contributed by atoms with Crippen molar-refractivity contribution in [1.82, 2.24) is 0 Å². The Labute approximate surface area is 116 Å². The maximum Gasteiger partial charge on any atom is 0.212 e. The maximum atomic E-state index is 6.09. The van der Waals surface area contributed by atoms with Gasteiger partial charge in [-0.3, -0.25) is 0 Å². The van der Waals surface area contributed by atoms with Gasteiger partial charge in [0.1, 0.15) is 12.8 Å². The lowest BCUT2D eigenvalue weighted by atomic mass is 10.1. The van der Waals surface area contributed by atoms with Gasteiger partial charge in [-0.1, -0.05) is 17.7 Å². The lowest BCUT2D eigenvalue weighted by Crippen LogP contribution is -2.28. The van der Waals surface area contributed by atoms with Crippen molar-refractivity contribution in [2.45, 2.75) is 0 Å². The molecule has 3 heteroatoms. The van der Waals surface area contributed by atoms with Crippen molar-refractivity contribution in [3.63, 3.8) is 0 Å². The van der Waals surface area contributed by atoms with Crippen molar-refractivity contribution in [3.05, 3.63) is 65.2 Å². The highest BCUT2D eigenvalue weighted by molar-refractivity contribution is 6.31. The lowest BCUT2D eigenvalue weighted by molar-refractivity contribution is -0.644. The number of rotatable bonds is 2. The largest absolute Gasteiger partial charge is 0.465 e. The van der Waals surface area contributed by atoms with Gasteiger partial charge in [-0.15, -0.1) is 0 Å². The fourth-order valence-corrected chi connectivity index (χ4v) is 2.28. The third kappa shape index (κ3) is 2.40. The summed E-state index contributed by atoms with van der Waals surface area (Å²) >= 11 is 6.09. The Kier molecular flexibility index (Phi) is 3.10. The molecule has 2 aromatic heterocycles. The fourth-order valence-electron chi connectivity index (χ4n) is 2.11. The average molecular weight is 271 g/mol. The predicted molar refractivity (Wildman–Crippen MR) is 77.8 cm³/mol. The first-order valence-corrected chi connectivity index (χ1v) is 6.41. The van der Waals surface area contributed by atoms with E-state index in [0.717, 1.165) is 27.2 Å². The van der Waals surface area contributed by atoms with E-state index in [1.165, 1.54) is 0 Å². The van der Waals surface area contributed by atoms with Crippen LogP contribution >= 0.6 is 11.6 Å². The minimum Gasteiger partial charge on any atom is -0.465 e. The molecule has 3 aromatic rings. The van der Waals surface area contributed by atoms with E-state index in [1.807, 2.05) is 55.7 Å². The second kappa shape index (κ2) is 4.90. The molecule has 0 amide bonds. The molecule has 0 spiro atoms. The summed E-state index contributed by atoms with van der Waals surface area (Å²) in [5.41, 5.74) is 2.26. The molecule has 0 atom stereocenters. The van der Waals surface area contributed by atoms with Gasteiger partial charge in [0.05, 0.1) is 11.6 Å². The van der Waals surface area contributed by atoms with Crippen molar-refractivity contribution in [2.75, 3.05) is 0 Å². The molecule has 0 radical (unpaired) electrons. The molecule has 0 unspecified atom stereocenters. The van der Waals surface area contributed by atoms with E-state index in [-0.39, 0.29) is 0 Å². The predicted octanol–water partition coefficient (Wildman–Crippen LogP) is 4.08. The van der Waals surface area contributed by atoms with Gasteiger partial charge >= 0.3 is 0 Å². The van der Waals surface area contributed by atoms with E-state index in [4.69, 9.17) is 16.0 Å². The summed E-state index contributed by atoms with van der Waals surface area (Å²) in [5, 5.41) is 1.87. The number of halogens is 1. The number of nitrogens with zero attached hydrogens (tertiary/aromatic N) is 1. The number of hydrogen-bond acceptors (Lipinski definition) is 1. The summed E-state index contributed by atoms with van der Waals surface area (Å²) in [6.45, 7) is 0. The molecular formula is C16H13ClNO+. The van der Waals surface area contributed by atoms with Gasteiger partial charge in [0.15, 0.2) is 6.20 Å². The first-order chi connectivity index (χ1) is 9.24. The van der Waals surface area contributed by atoms with Crippen LogP contribution in [0.25, 0.3) is 23.1 Å². The molecule has 0 bridgehead atoms. The Balaban J connectivity index is 2.13. The van der Waals surface area contributed by atoms with Gasteiger partial charge < -0.3 is 4.42 Å². The Bertz CT molecular complexity index is 745. The topological polar surface area (TPSA) is 17.0 Å². The number of furan rings is 1. The van der Waals surface area contributed by atoms with E-state index in [1.54, 1.807) is 6.26 Å². The van der Waals surface area contributed by atoms with Crippen LogP contribution in [0.4, 0.5) is 0 Å². The molecule has 0 aliphatic carbocycles. The van der Waals surface area contributed by atoms with Crippen LogP contribution < -0.4 is 4.57 Å². The van der Waals surface area contributed by atoms with Crippen molar-refractivity contribution < 1.29 is 8.98 Å². The molecule has 0 fully saturated rings. The minimum absolute atomic E-state index is 0.742. The summed E-state index contributed by atoms with van der Waals surface area (Å²) in [4.78, 5) is 0. The van der Waals surface area contributed by atoms with Gasteiger partial charge in [-0.2, -0.15) is 0 Å². The number of hydrogen-bond donors (Lipinski definition) is 0. The Morgan fingerprint density at radius 2 is 2.05 bits per heavy atom. The van der Waals surface area contributed by atoms with Gasteiger partial charge in [-0.05, 0) is 35.9 Å². The smallest absolute Gasteiger partial charge is 0.212 e. The van der Waals surface area contributed by atoms with Crippen LogP contribution in [0.5, 0.6) is 0 Å². The van der Waals surface area contributed by atoms with Crippen LogP contribution in [-0.4, -0.2) is 0 Å². The minimum atomic E-state index is 0.742. The second-order valence-electron chi connectivity index (χ2n) is 4.39. The zero-order valence-corrected chi connectivity index (χ0v) is 11.3. The molecule has 2 heterocycles. The summed E-state index contributed by atoms with van der Waals surface area (Å²) in [6, 6.07) is 11.8. The van der Waals surface area contributed by atoms with E-state index in [0.29, 0.717) is 0 Å². The molecule has 94 valence electrons. The van der Waals surface area contributed by atoms with Crippen LogP contribution in [0.3, 0.4) is 0 Å². The van der Waals surface area contributed by atoms with E-state index in [9.17, 15) is 0 Å². The van der Waals surface area contributed by atoms with Crippen molar-refractivity contribution >= 4 is 34.7 Å². The van der Waals surface area contributed by atoms with Crippen molar-refractivity contribution in [1.29, 1.82) is 0 Å². The molecular weight excluding hydrogens is 258 g/mol. The first-order valence-electron chi connectivity index (χ1n) is 6.03. The Morgan fingerprint density at radius 3 is 2.84 bits per heavy atom. The summed E-state index contributed by atoms with van der Waals surface area (Å²) in [7, 11) is 2.02. The number of aromatic nitrogens is 1. The monoisotopic (exact) mass is 270 g/mol. The Hall–Kier alpha value is -2.06. The number of aryl methyl sites for hydroxylation is 1. The van der Waals surface area contributed by atoms with Gasteiger partial charge in [0.2, 0.25) is 5.52 Å². The summed E-state index contributed by atoms with van der Waals surface area (Å²) < 4.78 is 7.38. The molecule has 3 rings (SSSR count). The van der Waals surface area contributed by atoms with Crippen LogP contribution in [0, 0.1) is 0 Å². The van der Waals surface area contributed by atoms with Crippen LogP contribution in [0.1, 0.15) is 11.3 Å². The number of pyridine rings is 1. The van der Waals surface area contributed by atoms with Crippen LogP contribution in [0.15, 0.2) is 53.3 Å². The fraction of sp³-hybridized carbons (Fsp3) is 0.0625. The zero-order valence-electron chi connectivity index (χ0n) is 10.5. The molecule has 0 N–H and O–H groups in total. The molecule has 19 heavy (non-hydrogen) atoms. The first kappa shape index (κ1) is 12.0. The molecule has 0 saturated carbocycles. The SMILES string of the molecule is C[n+]1ccc(/C=C/c2ccco2)c2cc(Cl)ccc21. The van der Waals surface area contributed by atoms with Gasteiger partial charge in [0, 0.05) is 17.2 Å². The lowest BCUT2D eigenvalue weighted by Gasteiger charge is -2.01. The highest BCUT2D eigenvalue weighted by Crippen LogP contribution is 2.22. The standard InChI is InChI=1S/C16H13ClNO/c1-18-9-8-12(4-6-14-3-2-10-19-14)15-11-13(17)5-7-16(15)18/h2-11H,1H3/q+1/b6-4+. The molecule has 0 aliphatic heterocycles. The normalized spacial score (nSPS) is 11.5. The van der Waals surface area contributed by atoms with Gasteiger partial charge in [0.25, 0.3) is 0 Å². The maximum absolute atomic E-state index is 6.09. The van der Waals surface area contributed by atoms with Crippen LogP contribution in [-0.2, 0) is 7.05 Å². The Morgan fingerprint density at radius 1 is 1.16 bits per heavy atom. The van der Waals surface area contributed by atoms with E-state index in [2.05, 4.69) is 10.6 Å². The third-order valence-corrected chi connectivity index (χ3v) is 3.33.